The van der Waals surface area contributed by atoms with Crippen molar-refractivity contribution in [2.24, 2.45) is 0 Å². The second-order valence-electron chi connectivity index (χ2n) is 8.66. The van der Waals surface area contributed by atoms with Gasteiger partial charge < -0.3 is 18.9 Å². The Labute approximate surface area is 255 Å². The molecule has 220 valence electrons. The number of carbonyl (C=O) groups is 4. The maximum atomic E-state index is 12.0. The fourth-order valence-corrected chi connectivity index (χ4v) is 4.49. The lowest BCUT2D eigenvalue weighted by molar-refractivity contribution is 0.0511. The van der Waals surface area contributed by atoms with E-state index in [1.165, 1.54) is 12.1 Å². The normalized spacial score (nSPS) is 10.4. The molecule has 8 nitrogen and oxygen atoms in total. The lowest BCUT2D eigenvalue weighted by Gasteiger charge is -2.02. The predicted molar refractivity (Wildman–Crippen MR) is 164 cm³/mol. The molecule has 4 aliphatic carbocycles. The first kappa shape index (κ1) is 32.5. The molecule has 0 amide bonds. The fourth-order valence-electron chi connectivity index (χ4n) is 4.20. The van der Waals surface area contributed by atoms with Crippen molar-refractivity contribution in [3.8, 4) is 22.3 Å². The lowest BCUT2D eigenvalue weighted by Crippen LogP contribution is -2.05. The fraction of sp³-hybridized carbons (Fsp3) is 0.250. The molecule has 0 saturated heterocycles. The molecule has 0 unspecified atom stereocenters. The molecule has 0 radical (unpaired) electrons. The highest BCUT2D eigenvalue weighted by Gasteiger charge is 2.26. The molecule has 0 saturated carbocycles. The van der Waals surface area contributed by atoms with Crippen LogP contribution in [0, 0.1) is 0 Å². The molecule has 0 bridgehead atoms. The van der Waals surface area contributed by atoms with Crippen LogP contribution in [-0.4, -0.2) is 50.3 Å². The van der Waals surface area contributed by atoms with E-state index in [1.807, 2.05) is 0 Å². The maximum absolute atomic E-state index is 12.0. The van der Waals surface area contributed by atoms with Crippen LogP contribution in [0.4, 0.5) is 0 Å². The highest BCUT2D eigenvalue weighted by Crippen LogP contribution is 2.35. The van der Waals surface area contributed by atoms with Crippen molar-refractivity contribution in [3.05, 3.63) is 82.9 Å². The van der Waals surface area contributed by atoms with Gasteiger partial charge in [-0.15, -0.1) is 25.3 Å². The number of rotatable bonds is 8. The first-order valence-electron chi connectivity index (χ1n) is 13.4. The van der Waals surface area contributed by atoms with E-state index in [0.29, 0.717) is 44.5 Å². The molecule has 0 aromatic carbocycles. The van der Waals surface area contributed by atoms with E-state index >= 15 is 0 Å². The largest absolute Gasteiger partial charge is 0.462 e. The van der Waals surface area contributed by atoms with Gasteiger partial charge in [0.05, 0.1) is 48.7 Å². The van der Waals surface area contributed by atoms with Gasteiger partial charge in [-0.25, -0.2) is 19.2 Å². The topological polar surface area (TPSA) is 105 Å². The number of ether oxygens (including phenoxy) is 4. The van der Waals surface area contributed by atoms with Crippen molar-refractivity contribution >= 4 is 49.1 Å². The zero-order chi connectivity index (χ0) is 30.8. The van der Waals surface area contributed by atoms with E-state index in [9.17, 15) is 19.2 Å². The minimum atomic E-state index is -0.454. The second kappa shape index (κ2) is 15.3. The molecule has 4 rings (SSSR count). The average molecular weight is 609 g/mol. The molecule has 0 aliphatic heterocycles. The van der Waals surface area contributed by atoms with Crippen LogP contribution in [0.25, 0.3) is 22.3 Å². The van der Waals surface area contributed by atoms with E-state index in [2.05, 4.69) is 25.3 Å². The lowest BCUT2D eigenvalue weighted by atomic mass is 10.1. The summed E-state index contributed by atoms with van der Waals surface area (Å²) >= 11 is 8.55. The minimum absolute atomic E-state index is 0.275. The maximum Gasteiger partial charge on any atom is 0.338 e. The quantitative estimate of drug-likeness (QED) is 0.127. The summed E-state index contributed by atoms with van der Waals surface area (Å²) in [5.41, 5.74) is 4.04. The van der Waals surface area contributed by atoms with Crippen LogP contribution in [0.3, 0.4) is 0 Å². The van der Waals surface area contributed by atoms with Crippen LogP contribution >= 0.6 is 25.3 Å². The van der Waals surface area contributed by atoms with Crippen molar-refractivity contribution in [1.29, 1.82) is 0 Å². The van der Waals surface area contributed by atoms with Gasteiger partial charge in [0, 0.05) is 9.79 Å². The van der Waals surface area contributed by atoms with Crippen LogP contribution in [0.2, 0.25) is 0 Å². The van der Waals surface area contributed by atoms with Crippen molar-refractivity contribution in [3.63, 3.8) is 0 Å². The van der Waals surface area contributed by atoms with Crippen LogP contribution in [0.15, 0.2) is 70.5 Å². The SMILES string of the molecule is CCOC(=O)c1cc(C(=O)OCC)c2ccc(S)ccc1-2.CCOC(=O)c1cc(C(=O)OCC)c2ccc(S)ccc1-2. The third-order valence-electron chi connectivity index (χ3n) is 5.98. The third kappa shape index (κ3) is 7.63. The van der Waals surface area contributed by atoms with E-state index in [4.69, 9.17) is 18.9 Å². The van der Waals surface area contributed by atoms with Gasteiger partial charge in [-0.1, -0.05) is 24.3 Å². The molecule has 10 heteroatoms. The summed E-state index contributed by atoms with van der Waals surface area (Å²) in [6.07, 6.45) is 0. The summed E-state index contributed by atoms with van der Waals surface area (Å²) in [6, 6.07) is 17.1. The molecule has 0 fully saturated rings. The third-order valence-corrected chi connectivity index (χ3v) is 6.58. The Balaban J connectivity index is 0.000000230. The zero-order valence-corrected chi connectivity index (χ0v) is 25.6. The van der Waals surface area contributed by atoms with Crippen LogP contribution < -0.4 is 0 Å². The van der Waals surface area contributed by atoms with Crippen molar-refractivity contribution in [2.45, 2.75) is 37.5 Å². The van der Waals surface area contributed by atoms with Gasteiger partial charge in [-0.3, -0.25) is 0 Å². The number of carbonyl (C=O) groups excluding carboxylic acids is 4. The summed E-state index contributed by atoms with van der Waals surface area (Å²) in [5, 5.41) is 0. The van der Waals surface area contributed by atoms with Crippen LogP contribution in [-0.2, 0) is 18.9 Å². The van der Waals surface area contributed by atoms with Crippen LogP contribution in [0.5, 0.6) is 0 Å². The van der Waals surface area contributed by atoms with E-state index in [0.717, 1.165) is 9.79 Å². The summed E-state index contributed by atoms with van der Waals surface area (Å²) < 4.78 is 20.2. The summed E-state index contributed by atoms with van der Waals surface area (Å²) in [5.74, 6) is -1.81. The first-order valence-corrected chi connectivity index (χ1v) is 14.3. The molecule has 0 spiro atoms. The zero-order valence-electron chi connectivity index (χ0n) is 23.8. The van der Waals surface area contributed by atoms with Crippen molar-refractivity contribution in [2.75, 3.05) is 26.4 Å². The van der Waals surface area contributed by atoms with Gasteiger partial charge in [0.25, 0.3) is 0 Å². The van der Waals surface area contributed by atoms with E-state index in [1.54, 1.807) is 76.2 Å². The standard InChI is InChI=1S/2C16H16O4S/c2*1-3-19-15(17)13-9-14(16(18)20-4-2)12-8-6-10(21)5-7-11(12)13/h2*5-9,21H,3-4H2,1-2H3. The molecule has 0 aromatic heterocycles. The number of fused-ring (bicyclic) bond motifs is 2. The molecule has 0 heterocycles. The number of hydrogen-bond acceptors (Lipinski definition) is 10. The minimum Gasteiger partial charge on any atom is -0.462 e. The van der Waals surface area contributed by atoms with E-state index < -0.39 is 23.9 Å². The number of thiol groups is 2. The summed E-state index contributed by atoms with van der Waals surface area (Å²) in [7, 11) is 0. The molecule has 0 N–H and O–H groups in total. The van der Waals surface area contributed by atoms with Gasteiger partial charge >= 0.3 is 23.9 Å². The smallest absolute Gasteiger partial charge is 0.338 e. The number of hydrogen-bond donors (Lipinski definition) is 2. The predicted octanol–water partition coefficient (Wildman–Crippen LogP) is 6.87. The molecule has 4 aliphatic rings. The molecule has 0 atom stereocenters. The first-order chi connectivity index (χ1) is 20.2. The van der Waals surface area contributed by atoms with E-state index in [-0.39, 0.29) is 26.4 Å². The highest BCUT2D eigenvalue weighted by atomic mass is 32.1. The van der Waals surface area contributed by atoms with Crippen LogP contribution in [0.1, 0.15) is 69.1 Å². The molecule has 0 aromatic rings. The Morgan fingerprint density at radius 3 is 0.857 bits per heavy atom. The molecular weight excluding hydrogens is 576 g/mol. The molecular formula is C32H32O8S2. The summed E-state index contributed by atoms with van der Waals surface area (Å²) in [6.45, 7) is 8.05. The Kier molecular flexibility index (Phi) is 11.8. The Morgan fingerprint density at radius 2 is 0.667 bits per heavy atom. The van der Waals surface area contributed by atoms with Gasteiger partial charge in [0.2, 0.25) is 0 Å². The number of esters is 4. The van der Waals surface area contributed by atoms with Crippen molar-refractivity contribution in [1.82, 2.24) is 0 Å². The Morgan fingerprint density at radius 1 is 0.452 bits per heavy atom. The monoisotopic (exact) mass is 608 g/mol. The average Bonchev–Trinajstić information content (AvgIpc) is 3.38. The van der Waals surface area contributed by atoms with Crippen molar-refractivity contribution < 1.29 is 38.1 Å². The van der Waals surface area contributed by atoms with Gasteiger partial charge in [-0.2, -0.15) is 0 Å². The Bertz CT molecular complexity index is 1310. The molecule has 42 heavy (non-hydrogen) atoms. The highest BCUT2D eigenvalue weighted by molar-refractivity contribution is 7.80. The summed E-state index contributed by atoms with van der Waals surface area (Å²) in [4.78, 5) is 49.6. The van der Waals surface area contributed by atoms with Gasteiger partial charge in [-0.05, 0) is 86.3 Å². The van der Waals surface area contributed by atoms with Gasteiger partial charge in [0.1, 0.15) is 0 Å². The van der Waals surface area contributed by atoms with Gasteiger partial charge in [0.15, 0.2) is 0 Å². The second-order valence-corrected chi connectivity index (χ2v) is 9.70. The Hall–Kier alpha value is -4.02.